The maximum atomic E-state index is 12.7. The third kappa shape index (κ3) is 3.52. The van der Waals surface area contributed by atoms with Crippen molar-refractivity contribution in [2.45, 2.75) is 11.8 Å². The van der Waals surface area contributed by atoms with E-state index in [0.717, 1.165) is 11.3 Å². The molecule has 122 valence electrons. The summed E-state index contributed by atoms with van der Waals surface area (Å²) in [7, 11) is -3.41. The largest absolute Gasteiger partial charge is 0.369 e. The van der Waals surface area contributed by atoms with Gasteiger partial charge in [0.05, 0.1) is 4.90 Å². The van der Waals surface area contributed by atoms with Crippen LogP contribution in [0.15, 0.2) is 53.4 Å². The topological polar surface area (TPSA) is 40.6 Å². The average Bonchev–Trinajstić information content (AvgIpc) is 2.56. The van der Waals surface area contributed by atoms with Gasteiger partial charge in [-0.15, -0.1) is 0 Å². The predicted octanol–water partition coefficient (Wildman–Crippen LogP) is 3.16. The van der Waals surface area contributed by atoms with Crippen molar-refractivity contribution in [3.05, 3.63) is 59.1 Å². The normalized spacial score (nSPS) is 16.5. The predicted molar refractivity (Wildman–Crippen MR) is 93.6 cm³/mol. The van der Waals surface area contributed by atoms with Gasteiger partial charge < -0.3 is 4.90 Å². The molecule has 0 aliphatic carbocycles. The molecule has 0 bridgehead atoms. The Kier molecular flexibility index (Phi) is 4.62. The molecular weight excluding hydrogens is 332 g/mol. The molecule has 1 saturated heterocycles. The zero-order valence-corrected chi connectivity index (χ0v) is 14.5. The summed E-state index contributed by atoms with van der Waals surface area (Å²) in [5, 5.41) is 0.703. The van der Waals surface area contributed by atoms with Gasteiger partial charge in [0.25, 0.3) is 0 Å². The molecule has 0 saturated carbocycles. The fraction of sp³-hybridized carbons (Fsp3) is 0.294. The molecule has 6 heteroatoms. The van der Waals surface area contributed by atoms with Crippen molar-refractivity contribution >= 4 is 27.3 Å². The molecule has 0 spiro atoms. The zero-order chi connectivity index (χ0) is 16.4. The third-order valence-electron chi connectivity index (χ3n) is 4.09. The first-order chi connectivity index (χ1) is 11.0. The molecule has 2 aromatic rings. The van der Waals surface area contributed by atoms with Crippen LogP contribution in [0, 0.1) is 6.92 Å². The summed E-state index contributed by atoms with van der Waals surface area (Å²) >= 11 is 5.91. The molecule has 1 fully saturated rings. The lowest BCUT2D eigenvalue weighted by molar-refractivity contribution is 0.385. The minimum atomic E-state index is -3.41. The Bertz CT molecular complexity index is 765. The summed E-state index contributed by atoms with van der Waals surface area (Å²) in [6, 6.07) is 14.7. The van der Waals surface area contributed by atoms with E-state index in [0.29, 0.717) is 36.1 Å². The molecule has 1 heterocycles. The second kappa shape index (κ2) is 6.51. The van der Waals surface area contributed by atoms with E-state index in [1.807, 2.05) is 43.3 Å². The van der Waals surface area contributed by atoms with Gasteiger partial charge >= 0.3 is 0 Å². The summed E-state index contributed by atoms with van der Waals surface area (Å²) in [5.41, 5.74) is 2.12. The number of anilines is 1. The van der Waals surface area contributed by atoms with Gasteiger partial charge in [0.2, 0.25) is 10.0 Å². The first-order valence-corrected chi connectivity index (χ1v) is 9.36. The van der Waals surface area contributed by atoms with Crippen molar-refractivity contribution in [1.29, 1.82) is 0 Å². The van der Waals surface area contributed by atoms with Crippen molar-refractivity contribution < 1.29 is 8.42 Å². The molecule has 0 unspecified atom stereocenters. The van der Waals surface area contributed by atoms with E-state index in [1.165, 1.54) is 0 Å². The number of rotatable bonds is 3. The van der Waals surface area contributed by atoms with Crippen LogP contribution in [0.1, 0.15) is 5.56 Å². The molecule has 1 aliphatic rings. The molecular formula is C17H19ClN2O2S. The van der Waals surface area contributed by atoms with Crippen molar-refractivity contribution in [2.24, 2.45) is 0 Å². The lowest BCUT2D eigenvalue weighted by Crippen LogP contribution is -2.48. The molecule has 0 radical (unpaired) electrons. The van der Waals surface area contributed by atoms with E-state index in [4.69, 9.17) is 11.6 Å². The van der Waals surface area contributed by atoms with E-state index in [1.54, 1.807) is 16.4 Å². The molecule has 0 atom stereocenters. The Morgan fingerprint density at radius 2 is 1.43 bits per heavy atom. The Morgan fingerprint density at radius 3 is 2.00 bits per heavy atom. The van der Waals surface area contributed by atoms with Gasteiger partial charge in [0.15, 0.2) is 0 Å². The fourth-order valence-electron chi connectivity index (χ4n) is 2.70. The fourth-order valence-corrected chi connectivity index (χ4v) is 4.25. The van der Waals surface area contributed by atoms with Gasteiger partial charge in [-0.05, 0) is 43.3 Å². The SMILES string of the molecule is Cc1ccc(S(=O)(=O)N2CCN(c3ccc(Cl)cc3)CC2)cc1. The maximum absolute atomic E-state index is 12.7. The van der Waals surface area contributed by atoms with Gasteiger partial charge in [-0.1, -0.05) is 29.3 Å². The van der Waals surface area contributed by atoms with E-state index in [9.17, 15) is 8.42 Å². The van der Waals surface area contributed by atoms with Crippen LogP contribution in [0.25, 0.3) is 0 Å². The number of halogens is 1. The monoisotopic (exact) mass is 350 g/mol. The number of hydrogen-bond donors (Lipinski definition) is 0. The maximum Gasteiger partial charge on any atom is 0.243 e. The van der Waals surface area contributed by atoms with Gasteiger partial charge in [0.1, 0.15) is 0 Å². The lowest BCUT2D eigenvalue weighted by atomic mass is 10.2. The lowest BCUT2D eigenvalue weighted by Gasteiger charge is -2.35. The summed E-state index contributed by atoms with van der Waals surface area (Å²) in [6.07, 6.45) is 0. The minimum absolute atomic E-state index is 0.364. The summed E-state index contributed by atoms with van der Waals surface area (Å²) < 4.78 is 26.9. The molecule has 23 heavy (non-hydrogen) atoms. The smallest absolute Gasteiger partial charge is 0.243 e. The number of aryl methyl sites for hydroxylation is 1. The second-order valence-corrected chi connectivity index (χ2v) is 8.05. The quantitative estimate of drug-likeness (QED) is 0.853. The molecule has 0 aromatic heterocycles. The molecule has 0 amide bonds. The Hall–Kier alpha value is -1.56. The van der Waals surface area contributed by atoms with E-state index < -0.39 is 10.0 Å². The number of benzene rings is 2. The van der Waals surface area contributed by atoms with Gasteiger partial charge in [-0.3, -0.25) is 0 Å². The second-order valence-electron chi connectivity index (χ2n) is 5.68. The van der Waals surface area contributed by atoms with Crippen LogP contribution < -0.4 is 4.90 Å². The number of piperazine rings is 1. The van der Waals surface area contributed by atoms with E-state index in [2.05, 4.69) is 4.90 Å². The van der Waals surface area contributed by atoms with Crippen LogP contribution in [0.2, 0.25) is 5.02 Å². The molecule has 3 rings (SSSR count). The Labute approximate surface area is 142 Å². The van der Waals surface area contributed by atoms with E-state index in [-0.39, 0.29) is 0 Å². The molecule has 2 aromatic carbocycles. The first kappa shape index (κ1) is 16.3. The van der Waals surface area contributed by atoms with Crippen LogP contribution in [-0.2, 0) is 10.0 Å². The highest BCUT2D eigenvalue weighted by atomic mass is 35.5. The van der Waals surface area contributed by atoms with Crippen molar-refractivity contribution in [3.8, 4) is 0 Å². The van der Waals surface area contributed by atoms with Crippen molar-refractivity contribution in [1.82, 2.24) is 4.31 Å². The number of nitrogens with zero attached hydrogens (tertiary/aromatic N) is 2. The van der Waals surface area contributed by atoms with Crippen LogP contribution in [0.3, 0.4) is 0 Å². The van der Waals surface area contributed by atoms with Crippen LogP contribution in [-0.4, -0.2) is 38.9 Å². The highest BCUT2D eigenvalue weighted by Gasteiger charge is 2.28. The third-order valence-corrected chi connectivity index (χ3v) is 6.25. The van der Waals surface area contributed by atoms with Crippen LogP contribution in [0.4, 0.5) is 5.69 Å². The molecule has 4 nitrogen and oxygen atoms in total. The van der Waals surface area contributed by atoms with Gasteiger partial charge in [-0.25, -0.2) is 8.42 Å². The highest BCUT2D eigenvalue weighted by Crippen LogP contribution is 2.22. The van der Waals surface area contributed by atoms with Crippen LogP contribution >= 0.6 is 11.6 Å². The van der Waals surface area contributed by atoms with E-state index >= 15 is 0 Å². The summed E-state index contributed by atoms with van der Waals surface area (Å²) in [5.74, 6) is 0. The Morgan fingerprint density at radius 1 is 0.870 bits per heavy atom. The first-order valence-electron chi connectivity index (χ1n) is 7.54. The highest BCUT2D eigenvalue weighted by molar-refractivity contribution is 7.89. The number of hydrogen-bond acceptors (Lipinski definition) is 3. The zero-order valence-electron chi connectivity index (χ0n) is 12.9. The van der Waals surface area contributed by atoms with Gasteiger partial charge in [-0.2, -0.15) is 4.31 Å². The molecule has 0 N–H and O–H groups in total. The minimum Gasteiger partial charge on any atom is -0.369 e. The van der Waals surface area contributed by atoms with Gasteiger partial charge in [0, 0.05) is 36.9 Å². The van der Waals surface area contributed by atoms with Crippen molar-refractivity contribution in [2.75, 3.05) is 31.1 Å². The van der Waals surface area contributed by atoms with Crippen LogP contribution in [0.5, 0.6) is 0 Å². The standard InChI is InChI=1S/C17H19ClN2O2S/c1-14-2-8-17(9-3-14)23(21,22)20-12-10-19(11-13-20)16-6-4-15(18)5-7-16/h2-9H,10-13H2,1H3. The molecule has 1 aliphatic heterocycles. The summed E-state index contributed by atoms with van der Waals surface area (Å²) in [6.45, 7) is 4.26. The average molecular weight is 351 g/mol. The van der Waals surface area contributed by atoms with Crippen molar-refractivity contribution in [3.63, 3.8) is 0 Å². The number of sulfonamides is 1. The Balaban J connectivity index is 1.70. The summed E-state index contributed by atoms with van der Waals surface area (Å²) in [4.78, 5) is 2.54.